The first-order valence-electron chi connectivity index (χ1n) is 10.7. The highest BCUT2D eigenvalue weighted by atomic mass is 32.2. The lowest BCUT2D eigenvalue weighted by Crippen LogP contribution is -2.33. The zero-order chi connectivity index (χ0) is 24.9. The van der Waals surface area contributed by atoms with Gasteiger partial charge in [-0.05, 0) is 36.7 Å². The fourth-order valence-electron chi connectivity index (χ4n) is 4.09. The molecule has 14 heteroatoms. The van der Waals surface area contributed by atoms with Gasteiger partial charge >= 0.3 is 0 Å². The van der Waals surface area contributed by atoms with Gasteiger partial charge in [-0.3, -0.25) is 4.31 Å². The summed E-state index contributed by atoms with van der Waals surface area (Å²) in [6.45, 7) is 1.59. The fourth-order valence-corrected chi connectivity index (χ4v) is 5.78. The van der Waals surface area contributed by atoms with Gasteiger partial charge in [-0.2, -0.15) is 0 Å². The van der Waals surface area contributed by atoms with Gasteiger partial charge in [-0.25, -0.2) is 35.5 Å². The lowest BCUT2D eigenvalue weighted by molar-refractivity contribution is 0.397. The van der Waals surface area contributed by atoms with Crippen LogP contribution in [0.15, 0.2) is 52.5 Å². The number of para-hydroxylation sites is 1. The number of anilines is 2. The molecule has 1 fully saturated rings. The molecule has 0 spiro atoms. The second kappa shape index (κ2) is 11.2. The Bertz CT molecular complexity index is 1270. The number of hydrogen-bond acceptors (Lipinski definition) is 11. The van der Waals surface area contributed by atoms with Crippen molar-refractivity contribution in [2.45, 2.75) is 17.4 Å². The van der Waals surface area contributed by atoms with E-state index in [1.54, 1.807) is 23.5 Å². The zero-order valence-corrected chi connectivity index (χ0v) is 20.7. The molecule has 12 nitrogen and oxygen atoms in total. The summed E-state index contributed by atoms with van der Waals surface area (Å²) in [5.74, 6) is 11.3. The molecule has 2 unspecified atom stereocenters. The van der Waals surface area contributed by atoms with Gasteiger partial charge in [0.1, 0.15) is 29.0 Å². The second-order valence-corrected chi connectivity index (χ2v) is 9.92. The standard InChI is InChI=1S/C21H28N10O2S2/c1-31(34-33-25)20-16(35(32)29-13-9-10-26-11-13)7-6-14(18(20)21(23)28-30-24)15-4-2-3-12-5-8-17(22)27-19(12)15/h2-8,13,26,29-30H,9-11,24-25H2,1H3,(H2,22,27)(H2,23,28). The van der Waals surface area contributed by atoms with Crippen molar-refractivity contribution in [1.82, 2.24) is 20.6 Å². The van der Waals surface area contributed by atoms with Crippen LogP contribution in [0.25, 0.3) is 22.0 Å². The van der Waals surface area contributed by atoms with E-state index in [1.807, 2.05) is 30.3 Å². The number of nitrogen functional groups attached to an aromatic ring is 1. The summed E-state index contributed by atoms with van der Waals surface area (Å²) in [4.78, 5) is 5.03. The number of nitrogens with two attached hydrogens (primary N) is 4. The van der Waals surface area contributed by atoms with E-state index in [-0.39, 0.29) is 11.9 Å². The average Bonchev–Trinajstić information content (AvgIpc) is 3.36. The fraction of sp³-hybridized carbons (Fsp3) is 0.238. The summed E-state index contributed by atoms with van der Waals surface area (Å²) in [5, 5.41) is 8.18. The first-order valence-corrected chi connectivity index (χ1v) is 12.6. The summed E-state index contributed by atoms with van der Waals surface area (Å²) in [5.41, 5.74) is 17.7. The Morgan fingerprint density at radius 3 is 2.83 bits per heavy atom. The number of fused-ring (bicyclic) bond motifs is 1. The number of nitrogens with one attached hydrogen (secondary N) is 3. The van der Waals surface area contributed by atoms with Gasteiger partial charge < -0.3 is 16.8 Å². The molecule has 35 heavy (non-hydrogen) atoms. The van der Waals surface area contributed by atoms with E-state index in [4.69, 9.17) is 27.5 Å². The Morgan fingerprint density at radius 1 is 1.29 bits per heavy atom. The predicted molar refractivity (Wildman–Crippen MR) is 142 cm³/mol. The van der Waals surface area contributed by atoms with Gasteiger partial charge in [-0.1, -0.05) is 24.3 Å². The van der Waals surface area contributed by atoms with Gasteiger partial charge in [0, 0.05) is 30.6 Å². The van der Waals surface area contributed by atoms with Crippen LogP contribution in [0, 0.1) is 0 Å². The van der Waals surface area contributed by atoms with E-state index in [9.17, 15) is 4.21 Å². The van der Waals surface area contributed by atoms with Crippen LogP contribution >= 0.6 is 12.2 Å². The number of hydrazine groups is 1. The highest BCUT2D eigenvalue weighted by molar-refractivity contribution is 7.96. The lowest BCUT2D eigenvalue weighted by Gasteiger charge is -2.25. The number of hydrogen-bond donors (Lipinski definition) is 7. The minimum atomic E-state index is -1.57. The van der Waals surface area contributed by atoms with Crippen molar-refractivity contribution in [3.8, 4) is 11.1 Å². The molecule has 186 valence electrons. The van der Waals surface area contributed by atoms with E-state index in [2.05, 4.69) is 25.7 Å². The number of amidine groups is 1. The highest BCUT2D eigenvalue weighted by Gasteiger charge is 2.27. The Labute approximate surface area is 209 Å². The summed E-state index contributed by atoms with van der Waals surface area (Å²) in [6, 6.07) is 13.1. The largest absolute Gasteiger partial charge is 0.384 e. The van der Waals surface area contributed by atoms with E-state index in [0.29, 0.717) is 33.0 Å². The smallest absolute Gasteiger partial charge is 0.154 e. The van der Waals surface area contributed by atoms with Crippen LogP contribution < -0.4 is 43.1 Å². The normalized spacial score (nSPS) is 17.0. The number of nitrogens with zero attached hydrogens (tertiary/aromatic N) is 3. The minimum Gasteiger partial charge on any atom is -0.384 e. The van der Waals surface area contributed by atoms with Crippen molar-refractivity contribution in [2.75, 3.05) is 30.2 Å². The van der Waals surface area contributed by atoms with Crippen molar-refractivity contribution >= 4 is 51.5 Å². The quantitative estimate of drug-likeness (QED) is 0.0520. The summed E-state index contributed by atoms with van der Waals surface area (Å²) >= 11 is 0.857. The van der Waals surface area contributed by atoms with Crippen LogP contribution in [0.1, 0.15) is 12.0 Å². The molecule has 1 aromatic heterocycles. The average molecular weight is 517 g/mol. The number of aromatic nitrogens is 1. The Morgan fingerprint density at radius 2 is 2.11 bits per heavy atom. The van der Waals surface area contributed by atoms with E-state index in [0.717, 1.165) is 42.7 Å². The highest BCUT2D eigenvalue weighted by Crippen LogP contribution is 2.40. The monoisotopic (exact) mass is 516 g/mol. The van der Waals surface area contributed by atoms with Crippen molar-refractivity contribution in [2.24, 2.45) is 22.6 Å². The van der Waals surface area contributed by atoms with Gasteiger partial charge in [0.15, 0.2) is 5.84 Å². The minimum absolute atomic E-state index is 0.0671. The first-order chi connectivity index (χ1) is 16.9. The molecular formula is C21H28N10O2S2. The van der Waals surface area contributed by atoms with Crippen LogP contribution in [-0.2, 0) is 15.3 Å². The molecule has 2 heterocycles. The van der Waals surface area contributed by atoms with Crippen LogP contribution in [0.5, 0.6) is 0 Å². The van der Waals surface area contributed by atoms with Gasteiger partial charge in [-0.15, -0.1) is 5.10 Å². The Kier molecular flexibility index (Phi) is 8.02. The van der Waals surface area contributed by atoms with Crippen LogP contribution in [-0.4, -0.2) is 41.2 Å². The molecule has 3 aromatic rings. The predicted octanol–water partition coefficient (Wildman–Crippen LogP) is 0.431. The molecule has 1 saturated heterocycles. The maximum absolute atomic E-state index is 13.5. The molecule has 0 radical (unpaired) electrons. The van der Waals surface area contributed by atoms with E-state index in [1.165, 1.54) is 0 Å². The van der Waals surface area contributed by atoms with E-state index < -0.39 is 11.0 Å². The van der Waals surface area contributed by atoms with Crippen LogP contribution in [0.2, 0.25) is 0 Å². The number of pyridine rings is 1. The molecular weight excluding hydrogens is 488 g/mol. The molecule has 4 rings (SSSR count). The molecule has 0 amide bonds. The molecule has 1 aliphatic rings. The van der Waals surface area contributed by atoms with E-state index >= 15 is 0 Å². The van der Waals surface area contributed by atoms with Crippen molar-refractivity contribution in [1.29, 1.82) is 0 Å². The maximum Gasteiger partial charge on any atom is 0.154 e. The Hall–Kier alpha value is -2.98. The molecule has 2 atom stereocenters. The number of hydrazone groups is 1. The molecule has 0 bridgehead atoms. The van der Waals surface area contributed by atoms with Crippen molar-refractivity contribution < 1.29 is 8.49 Å². The number of benzene rings is 2. The van der Waals surface area contributed by atoms with Crippen LogP contribution in [0.4, 0.5) is 11.5 Å². The summed E-state index contributed by atoms with van der Waals surface area (Å²) in [7, 11) is 0.148. The third-order valence-corrected chi connectivity index (χ3v) is 7.39. The van der Waals surface area contributed by atoms with Gasteiger partial charge in [0.2, 0.25) is 0 Å². The third-order valence-electron chi connectivity index (χ3n) is 5.62. The molecule has 11 N–H and O–H groups in total. The molecule has 0 saturated carbocycles. The molecule has 1 aliphatic heterocycles. The van der Waals surface area contributed by atoms with Crippen molar-refractivity contribution in [3.63, 3.8) is 0 Å². The third kappa shape index (κ3) is 5.33. The summed E-state index contributed by atoms with van der Waals surface area (Å²) < 4.78 is 23.1. The Balaban J connectivity index is 1.97. The van der Waals surface area contributed by atoms with Crippen LogP contribution in [0.3, 0.4) is 0 Å². The SMILES string of the molecule is CN(SON)c1c(S(=O)NC2CCNC2)ccc(-c2cccc3ccc(N)nc23)c1/C(N)=N/NN. The topological polar surface area (TPSA) is 195 Å². The second-order valence-electron chi connectivity index (χ2n) is 7.82. The molecule has 2 aromatic carbocycles. The zero-order valence-electron chi connectivity index (χ0n) is 19.0. The first kappa shape index (κ1) is 25.1. The molecule has 0 aliphatic carbocycles. The van der Waals surface area contributed by atoms with Crippen molar-refractivity contribution in [3.05, 3.63) is 48.0 Å². The maximum atomic E-state index is 13.5. The van der Waals surface area contributed by atoms with Gasteiger partial charge in [0.25, 0.3) is 0 Å². The van der Waals surface area contributed by atoms with Gasteiger partial charge in [0.05, 0.1) is 21.7 Å². The lowest BCUT2D eigenvalue weighted by atomic mass is 9.95. The number of rotatable bonds is 9. The summed E-state index contributed by atoms with van der Waals surface area (Å²) in [6.07, 6.45) is 0.867.